The molecule has 1 aromatic rings. The van der Waals surface area contributed by atoms with E-state index in [0.717, 1.165) is 29.5 Å². The van der Waals surface area contributed by atoms with Gasteiger partial charge in [0.25, 0.3) is 0 Å². The van der Waals surface area contributed by atoms with Crippen LogP contribution in [-0.4, -0.2) is 24.0 Å². The van der Waals surface area contributed by atoms with Crippen LogP contribution in [0.25, 0.3) is 0 Å². The fourth-order valence-electron chi connectivity index (χ4n) is 3.48. The number of carboxylic acid groups (broad SMARTS) is 1. The van der Waals surface area contributed by atoms with E-state index in [0.29, 0.717) is 18.6 Å². The van der Waals surface area contributed by atoms with Crippen molar-refractivity contribution in [1.29, 1.82) is 0 Å². The Morgan fingerprint density at radius 1 is 1.18 bits per heavy atom. The summed E-state index contributed by atoms with van der Waals surface area (Å²) in [4.78, 5) is 24.0. The first kappa shape index (κ1) is 16.5. The first-order chi connectivity index (χ1) is 10.4. The lowest BCUT2D eigenvalue weighted by Crippen LogP contribution is -2.33. The predicted octanol–water partition coefficient (Wildman–Crippen LogP) is 3.31. The van der Waals surface area contributed by atoms with Crippen LogP contribution in [0.4, 0.5) is 0 Å². The summed E-state index contributed by atoms with van der Waals surface area (Å²) >= 11 is 0. The lowest BCUT2D eigenvalue weighted by atomic mass is 9.75. The third-order valence-electron chi connectivity index (χ3n) is 4.64. The van der Waals surface area contributed by atoms with Crippen molar-refractivity contribution in [2.75, 3.05) is 7.11 Å². The Bertz CT molecular complexity index is 577. The Morgan fingerprint density at radius 3 is 2.41 bits per heavy atom. The summed E-state index contributed by atoms with van der Waals surface area (Å²) in [5.74, 6) is -0.994. The van der Waals surface area contributed by atoms with Gasteiger partial charge in [-0.3, -0.25) is 9.59 Å². The molecule has 1 aromatic carbocycles. The van der Waals surface area contributed by atoms with Gasteiger partial charge in [-0.2, -0.15) is 0 Å². The Kier molecular flexibility index (Phi) is 5.22. The van der Waals surface area contributed by atoms with Crippen molar-refractivity contribution in [3.05, 3.63) is 28.8 Å². The number of hydrogen-bond donors (Lipinski definition) is 1. The maximum absolute atomic E-state index is 12.7. The minimum Gasteiger partial charge on any atom is -0.496 e. The van der Waals surface area contributed by atoms with Gasteiger partial charge < -0.3 is 9.84 Å². The quantitative estimate of drug-likeness (QED) is 0.906. The second-order valence-electron chi connectivity index (χ2n) is 6.24. The van der Waals surface area contributed by atoms with Gasteiger partial charge in [0.2, 0.25) is 0 Å². The molecule has 0 amide bonds. The van der Waals surface area contributed by atoms with E-state index in [4.69, 9.17) is 4.74 Å². The van der Waals surface area contributed by atoms with Crippen LogP contribution in [0.1, 0.15) is 42.4 Å². The zero-order valence-corrected chi connectivity index (χ0v) is 13.5. The van der Waals surface area contributed by atoms with Crippen LogP contribution in [0.2, 0.25) is 0 Å². The molecule has 0 saturated heterocycles. The molecule has 1 fully saturated rings. The lowest BCUT2D eigenvalue weighted by Gasteiger charge is -2.27. The molecule has 120 valence electrons. The van der Waals surface area contributed by atoms with Crippen LogP contribution < -0.4 is 4.74 Å². The summed E-state index contributed by atoms with van der Waals surface area (Å²) in [5.41, 5.74) is 2.99. The summed E-state index contributed by atoms with van der Waals surface area (Å²) in [6.07, 6.45) is 3.38. The highest BCUT2D eigenvalue weighted by atomic mass is 16.5. The Balaban J connectivity index is 2.23. The average molecular weight is 304 g/mol. The number of rotatable bonds is 5. The molecule has 2 unspecified atom stereocenters. The maximum Gasteiger partial charge on any atom is 0.307 e. The van der Waals surface area contributed by atoms with Crippen LogP contribution in [0.5, 0.6) is 5.75 Å². The Labute approximate surface area is 131 Å². The summed E-state index contributed by atoms with van der Waals surface area (Å²) < 4.78 is 5.40. The number of benzene rings is 1. The molecule has 2 rings (SSSR count). The molecule has 22 heavy (non-hydrogen) atoms. The SMILES string of the molecule is COc1cc(C)cc(C)c1CC(=O)C1CCCCC1C(=O)O. The van der Waals surface area contributed by atoms with Crippen LogP contribution in [-0.2, 0) is 16.0 Å². The van der Waals surface area contributed by atoms with Gasteiger partial charge in [-0.1, -0.05) is 18.9 Å². The topological polar surface area (TPSA) is 63.6 Å². The Hall–Kier alpha value is -1.84. The molecule has 4 nitrogen and oxygen atoms in total. The van der Waals surface area contributed by atoms with Gasteiger partial charge in [-0.25, -0.2) is 0 Å². The van der Waals surface area contributed by atoms with Crippen LogP contribution in [0.15, 0.2) is 12.1 Å². The standard InChI is InChI=1S/C18H24O4/c1-11-8-12(2)15(17(9-11)22-3)10-16(19)13-6-4-5-7-14(13)18(20)21/h8-9,13-14H,4-7,10H2,1-3H3,(H,20,21). The zero-order chi connectivity index (χ0) is 16.3. The summed E-state index contributed by atoms with van der Waals surface area (Å²) in [7, 11) is 1.60. The molecule has 2 atom stereocenters. The zero-order valence-electron chi connectivity index (χ0n) is 13.5. The van der Waals surface area contributed by atoms with E-state index in [1.807, 2.05) is 26.0 Å². The number of hydrogen-bond acceptors (Lipinski definition) is 3. The number of ether oxygens (including phenoxy) is 1. The van der Waals surface area contributed by atoms with Crippen molar-refractivity contribution in [2.45, 2.75) is 46.0 Å². The molecule has 1 N–H and O–H groups in total. The largest absolute Gasteiger partial charge is 0.496 e. The number of aryl methyl sites for hydroxylation is 2. The number of Topliss-reactive ketones (excluding diaryl/α,β-unsaturated/α-hetero) is 1. The molecule has 1 aliphatic carbocycles. The number of methoxy groups -OCH3 is 1. The Morgan fingerprint density at radius 2 is 1.82 bits per heavy atom. The number of aliphatic carboxylic acids is 1. The van der Waals surface area contributed by atoms with E-state index >= 15 is 0 Å². The normalized spacial score (nSPS) is 21.4. The molecule has 0 heterocycles. The van der Waals surface area contributed by atoms with E-state index < -0.39 is 11.9 Å². The van der Waals surface area contributed by atoms with Crippen molar-refractivity contribution in [2.24, 2.45) is 11.8 Å². The highest BCUT2D eigenvalue weighted by Crippen LogP contribution is 2.33. The van der Waals surface area contributed by atoms with Crippen LogP contribution in [0, 0.1) is 25.7 Å². The maximum atomic E-state index is 12.7. The van der Waals surface area contributed by atoms with E-state index in [1.54, 1.807) is 7.11 Å². The lowest BCUT2D eigenvalue weighted by molar-refractivity contribution is -0.148. The molecule has 0 radical (unpaired) electrons. The van der Waals surface area contributed by atoms with Crippen molar-refractivity contribution < 1.29 is 19.4 Å². The second-order valence-corrected chi connectivity index (χ2v) is 6.24. The molecule has 4 heteroatoms. The molecule has 0 aromatic heterocycles. The van der Waals surface area contributed by atoms with Gasteiger partial charge in [0.05, 0.1) is 13.0 Å². The van der Waals surface area contributed by atoms with Crippen molar-refractivity contribution in [3.63, 3.8) is 0 Å². The molecule has 0 aliphatic heterocycles. The number of carbonyl (C=O) groups excluding carboxylic acids is 1. The van der Waals surface area contributed by atoms with Gasteiger partial charge in [-0.15, -0.1) is 0 Å². The fourth-order valence-corrected chi connectivity index (χ4v) is 3.48. The van der Waals surface area contributed by atoms with Crippen LogP contribution >= 0.6 is 0 Å². The minimum absolute atomic E-state index is 0.0253. The number of ketones is 1. The van der Waals surface area contributed by atoms with E-state index in [1.165, 1.54) is 0 Å². The average Bonchev–Trinajstić information content (AvgIpc) is 2.49. The monoisotopic (exact) mass is 304 g/mol. The van der Waals surface area contributed by atoms with E-state index in [2.05, 4.69) is 0 Å². The van der Waals surface area contributed by atoms with E-state index in [-0.39, 0.29) is 18.1 Å². The van der Waals surface area contributed by atoms with E-state index in [9.17, 15) is 14.7 Å². The van der Waals surface area contributed by atoms with Crippen LogP contribution in [0.3, 0.4) is 0 Å². The molecule has 0 bridgehead atoms. The highest BCUT2D eigenvalue weighted by molar-refractivity contribution is 5.88. The van der Waals surface area contributed by atoms with Gasteiger partial charge in [0.1, 0.15) is 11.5 Å². The van der Waals surface area contributed by atoms with Gasteiger partial charge in [0.15, 0.2) is 0 Å². The summed E-state index contributed by atoms with van der Waals surface area (Å²) in [6, 6.07) is 3.95. The second kappa shape index (κ2) is 6.95. The van der Waals surface area contributed by atoms with Crippen molar-refractivity contribution >= 4 is 11.8 Å². The third kappa shape index (κ3) is 3.49. The molecule has 1 aliphatic rings. The number of carboxylic acids is 1. The molecule has 0 spiro atoms. The molecular formula is C18H24O4. The van der Waals surface area contributed by atoms with Gasteiger partial charge >= 0.3 is 5.97 Å². The smallest absolute Gasteiger partial charge is 0.307 e. The summed E-state index contributed by atoms with van der Waals surface area (Å²) in [5, 5.41) is 9.34. The summed E-state index contributed by atoms with van der Waals surface area (Å²) in [6.45, 7) is 3.95. The fraction of sp³-hybridized carbons (Fsp3) is 0.556. The predicted molar refractivity (Wildman–Crippen MR) is 84.3 cm³/mol. The van der Waals surface area contributed by atoms with Crippen molar-refractivity contribution in [3.8, 4) is 5.75 Å². The van der Waals surface area contributed by atoms with Crippen molar-refractivity contribution in [1.82, 2.24) is 0 Å². The first-order valence-electron chi connectivity index (χ1n) is 7.83. The molecule has 1 saturated carbocycles. The van der Waals surface area contributed by atoms with Gasteiger partial charge in [0, 0.05) is 17.9 Å². The third-order valence-corrected chi connectivity index (χ3v) is 4.64. The molecular weight excluding hydrogens is 280 g/mol. The van der Waals surface area contributed by atoms with Gasteiger partial charge in [-0.05, 0) is 43.9 Å². The first-order valence-corrected chi connectivity index (χ1v) is 7.83. The minimum atomic E-state index is -0.842. The highest BCUT2D eigenvalue weighted by Gasteiger charge is 2.35. The number of carbonyl (C=O) groups is 2.